The van der Waals surface area contributed by atoms with Gasteiger partial charge in [0.1, 0.15) is 18.1 Å². The summed E-state index contributed by atoms with van der Waals surface area (Å²) in [6.45, 7) is 9.79. The fourth-order valence-corrected chi connectivity index (χ4v) is 1.83. The van der Waals surface area contributed by atoms with Gasteiger partial charge in [-0.05, 0) is 32.9 Å². The molecule has 0 bridgehead atoms. The zero-order chi connectivity index (χ0) is 14.8. The number of carbonyl (C=O) groups excluding carboxylic acids is 1. The molecule has 0 fully saturated rings. The second-order valence-corrected chi connectivity index (χ2v) is 4.45. The second kappa shape index (κ2) is 9.31. The van der Waals surface area contributed by atoms with Crippen LogP contribution in [0.5, 0.6) is 5.75 Å². The zero-order valence-corrected chi connectivity index (χ0v) is 12.7. The Bertz CT molecular complexity index is 406. The molecule has 1 N–H and O–H groups in total. The maximum absolute atomic E-state index is 12.2. The monoisotopic (exact) mass is 279 g/mol. The number of nitrogens with zero attached hydrogens (tertiary/aromatic N) is 2. The summed E-state index contributed by atoms with van der Waals surface area (Å²) in [5.74, 6) is 0.637. The van der Waals surface area contributed by atoms with E-state index in [4.69, 9.17) is 4.74 Å². The lowest BCUT2D eigenvalue weighted by Gasteiger charge is -2.18. The Labute approximate surface area is 121 Å². The minimum atomic E-state index is -0.0513. The van der Waals surface area contributed by atoms with Gasteiger partial charge in [-0.2, -0.15) is 0 Å². The van der Waals surface area contributed by atoms with E-state index < -0.39 is 0 Å². The predicted molar refractivity (Wildman–Crippen MR) is 80.1 cm³/mol. The second-order valence-electron chi connectivity index (χ2n) is 4.45. The first-order chi connectivity index (χ1) is 9.72. The first kappa shape index (κ1) is 16.4. The van der Waals surface area contributed by atoms with Crippen LogP contribution in [0.2, 0.25) is 0 Å². The quantitative estimate of drug-likeness (QED) is 0.702. The van der Waals surface area contributed by atoms with Crippen molar-refractivity contribution in [1.29, 1.82) is 0 Å². The molecule has 5 heteroatoms. The Kier molecular flexibility index (Phi) is 7.65. The summed E-state index contributed by atoms with van der Waals surface area (Å²) in [4.78, 5) is 18.0. The minimum absolute atomic E-state index is 0.0513. The van der Waals surface area contributed by atoms with Gasteiger partial charge in [0.2, 0.25) is 0 Å². The number of nitrogens with one attached hydrogen (secondary N) is 1. The SMILES string of the molecule is CCCNCCOc1ccnc(C(=O)N(CC)CC)c1. The number of hydrogen-bond acceptors (Lipinski definition) is 4. The van der Waals surface area contributed by atoms with Gasteiger partial charge in [0.05, 0.1) is 0 Å². The third kappa shape index (κ3) is 5.17. The molecule has 1 amide bonds. The van der Waals surface area contributed by atoms with E-state index >= 15 is 0 Å². The smallest absolute Gasteiger partial charge is 0.272 e. The fraction of sp³-hybridized carbons (Fsp3) is 0.600. The van der Waals surface area contributed by atoms with Crippen molar-refractivity contribution in [2.24, 2.45) is 0 Å². The first-order valence-electron chi connectivity index (χ1n) is 7.31. The average molecular weight is 279 g/mol. The number of aromatic nitrogens is 1. The summed E-state index contributed by atoms with van der Waals surface area (Å²) in [6, 6.07) is 3.49. The molecule has 1 rings (SSSR count). The van der Waals surface area contributed by atoms with Crippen molar-refractivity contribution < 1.29 is 9.53 Å². The highest BCUT2D eigenvalue weighted by Crippen LogP contribution is 2.12. The van der Waals surface area contributed by atoms with Crippen LogP contribution in [-0.2, 0) is 0 Å². The van der Waals surface area contributed by atoms with Crippen molar-refractivity contribution >= 4 is 5.91 Å². The molecule has 5 nitrogen and oxygen atoms in total. The molecule has 0 spiro atoms. The zero-order valence-electron chi connectivity index (χ0n) is 12.7. The Hall–Kier alpha value is -1.62. The van der Waals surface area contributed by atoms with E-state index in [2.05, 4.69) is 17.2 Å². The van der Waals surface area contributed by atoms with Crippen molar-refractivity contribution in [2.45, 2.75) is 27.2 Å². The highest BCUT2D eigenvalue weighted by molar-refractivity contribution is 5.92. The summed E-state index contributed by atoms with van der Waals surface area (Å²) in [5, 5.41) is 3.26. The molecule has 0 unspecified atom stereocenters. The largest absolute Gasteiger partial charge is 0.492 e. The minimum Gasteiger partial charge on any atom is -0.492 e. The van der Waals surface area contributed by atoms with Crippen LogP contribution >= 0.6 is 0 Å². The van der Waals surface area contributed by atoms with Gasteiger partial charge in [-0.25, -0.2) is 0 Å². The molecule has 0 saturated heterocycles. The number of carbonyl (C=O) groups is 1. The van der Waals surface area contributed by atoms with E-state index in [1.807, 2.05) is 13.8 Å². The predicted octanol–water partition coefficient (Wildman–Crippen LogP) is 1.94. The van der Waals surface area contributed by atoms with Crippen LogP contribution in [0.4, 0.5) is 0 Å². The summed E-state index contributed by atoms with van der Waals surface area (Å²) < 4.78 is 5.62. The third-order valence-electron chi connectivity index (χ3n) is 2.98. The molecule has 0 aliphatic rings. The number of pyridine rings is 1. The van der Waals surface area contributed by atoms with Crippen molar-refractivity contribution in [3.05, 3.63) is 24.0 Å². The highest BCUT2D eigenvalue weighted by atomic mass is 16.5. The van der Waals surface area contributed by atoms with Crippen molar-refractivity contribution in [2.75, 3.05) is 32.8 Å². The molecule has 20 heavy (non-hydrogen) atoms. The molecule has 112 valence electrons. The molecular weight excluding hydrogens is 254 g/mol. The molecule has 0 saturated carbocycles. The molecule has 0 aliphatic carbocycles. The van der Waals surface area contributed by atoms with E-state index in [1.165, 1.54) is 0 Å². The van der Waals surface area contributed by atoms with Crippen LogP contribution in [0, 0.1) is 0 Å². The van der Waals surface area contributed by atoms with E-state index in [9.17, 15) is 4.79 Å². The Balaban J connectivity index is 2.55. The highest BCUT2D eigenvalue weighted by Gasteiger charge is 2.14. The van der Waals surface area contributed by atoms with Gasteiger partial charge in [-0.15, -0.1) is 0 Å². The lowest BCUT2D eigenvalue weighted by molar-refractivity contribution is 0.0766. The Morgan fingerprint density at radius 1 is 1.30 bits per heavy atom. The Morgan fingerprint density at radius 2 is 2.05 bits per heavy atom. The van der Waals surface area contributed by atoms with Crippen molar-refractivity contribution in [1.82, 2.24) is 15.2 Å². The van der Waals surface area contributed by atoms with E-state index in [0.29, 0.717) is 31.1 Å². The van der Waals surface area contributed by atoms with Gasteiger partial charge in [-0.3, -0.25) is 9.78 Å². The van der Waals surface area contributed by atoms with Crippen LogP contribution in [0.3, 0.4) is 0 Å². The van der Waals surface area contributed by atoms with Gasteiger partial charge in [0, 0.05) is 31.9 Å². The van der Waals surface area contributed by atoms with Gasteiger partial charge in [0.25, 0.3) is 5.91 Å². The average Bonchev–Trinajstić information content (AvgIpc) is 2.48. The molecule has 0 atom stereocenters. The molecule has 1 aromatic rings. The molecule has 0 radical (unpaired) electrons. The van der Waals surface area contributed by atoms with Gasteiger partial charge < -0.3 is 15.0 Å². The molecular formula is C15H25N3O2. The fourth-order valence-electron chi connectivity index (χ4n) is 1.83. The normalized spacial score (nSPS) is 10.3. The van der Waals surface area contributed by atoms with Crippen molar-refractivity contribution in [3.8, 4) is 5.75 Å². The topological polar surface area (TPSA) is 54.5 Å². The molecule has 0 aromatic carbocycles. The van der Waals surface area contributed by atoms with Crippen LogP contribution in [0.1, 0.15) is 37.7 Å². The Morgan fingerprint density at radius 3 is 2.70 bits per heavy atom. The van der Waals surface area contributed by atoms with Gasteiger partial charge in [-0.1, -0.05) is 6.92 Å². The van der Waals surface area contributed by atoms with Crippen LogP contribution in [0.15, 0.2) is 18.3 Å². The number of amides is 1. The first-order valence-corrected chi connectivity index (χ1v) is 7.31. The lowest BCUT2D eigenvalue weighted by atomic mass is 10.3. The van der Waals surface area contributed by atoms with Crippen LogP contribution in [-0.4, -0.2) is 48.6 Å². The van der Waals surface area contributed by atoms with Gasteiger partial charge in [0.15, 0.2) is 0 Å². The van der Waals surface area contributed by atoms with E-state index in [0.717, 1.165) is 19.5 Å². The number of ether oxygens (including phenoxy) is 1. The third-order valence-corrected chi connectivity index (χ3v) is 2.98. The summed E-state index contributed by atoms with van der Waals surface area (Å²) in [5.41, 5.74) is 0.438. The molecule has 1 heterocycles. The van der Waals surface area contributed by atoms with E-state index in [1.54, 1.807) is 23.2 Å². The summed E-state index contributed by atoms with van der Waals surface area (Å²) >= 11 is 0. The number of rotatable bonds is 9. The maximum atomic E-state index is 12.2. The summed E-state index contributed by atoms with van der Waals surface area (Å²) in [6.07, 6.45) is 2.73. The standard InChI is InChI=1S/C15H25N3O2/c1-4-8-16-10-11-20-13-7-9-17-14(12-13)15(19)18(5-2)6-3/h7,9,12,16H,4-6,8,10-11H2,1-3H3. The van der Waals surface area contributed by atoms with Crippen LogP contribution < -0.4 is 10.1 Å². The van der Waals surface area contributed by atoms with Crippen LogP contribution in [0.25, 0.3) is 0 Å². The molecule has 1 aromatic heterocycles. The number of hydrogen-bond donors (Lipinski definition) is 1. The maximum Gasteiger partial charge on any atom is 0.272 e. The van der Waals surface area contributed by atoms with Crippen molar-refractivity contribution in [3.63, 3.8) is 0 Å². The summed E-state index contributed by atoms with van der Waals surface area (Å²) in [7, 11) is 0. The lowest BCUT2D eigenvalue weighted by Crippen LogP contribution is -2.31. The van der Waals surface area contributed by atoms with Gasteiger partial charge >= 0.3 is 0 Å². The molecule has 0 aliphatic heterocycles. The van der Waals surface area contributed by atoms with E-state index in [-0.39, 0.29) is 5.91 Å².